The molecule has 2 aromatic rings. The summed E-state index contributed by atoms with van der Waals surface area (Å²) in [5.41, 5.74) is 1.93. The zero-order valence-electron chi connectivity index (χ0n) is 12.3. The lowest BCUT2D eigenvalue weighted by Crippen LogP contribution is -2.29. The van der Waals surface area contributed by atoms with E-state index in [1.165, 1.54) is 4.68 Å². The molecule has 2 rings (SSSR count). The predicted molar refractivity (Wildman–Crippen MR) is 78.2 cm³/mol. The van der Waals surface area contributed by atoms with E-state index in [0.29, 0.717) is 17.0 Å². The van der Waals surface area contributed by atoms with Crippen molar-refractivity contribution < 1.29 is 14.6 Å². The highest BCUT2D eigenvalue weighted by molar-refractivity contribution is 5.92. The van der Waals surface area contributed by atoms with Crippen LogP contribution in [0, 0.1) is 6.92 Å². The zero-order chi connectivity index (χ0) is 15.4. The molecule has 2 N–H and O–H groups in total. The molecule has 6 heteroatoms. The molecule has 1 atom stereocenters. The quantitative estimate of drug-likeness (QED) is 0.867. The van der Waals surface area contributed by atoms with Gasteiger partial charge in [-0.25, -0.2) is 0 Å². The number of rotatable bonds is 5. The molecule has 0 aliphatic rings. The standard InChI is InChI=1S/C15H19N3O3/c1-10-7-13(18(2)17-10)15(20)16-9-14(19)11-5-4-6-12(8-11)21-3/h4-8,14,19H,9H2,1-3H3,(H,16,20). The first-order chi connectivity index (χ1) is 10.0. The number of carbonyl (C=O) groups is 1. The third-order valence-electron chi connectivity index (χ3n) is 3.17. The van der Waals surface area contributed by atoms with E-state index >= 15 is 0 Å². The summed E-state index contributed by atoms with van der Waals surface area (Å²) < 4.78 is 6.62. The Balaban J connectivity index is 1.98. The molecule has 1 unspecified atom stereocenters. The van der Waals surface area contributed by atoms with Crippen molar-refractivity contribution in [2.75, 3.05) is 13.7 Å². The molecular formula is C15H19N3O3. The number of benzene rings is 1. The van der Waals surface area contributed by atoms with Crippen LogP contribution in [0.25, 0.3) is 0 Å². The monoisotopic (exact) mass is 289 g/mol. The Morgan fingerprint density at radius 1 is 1.48 bits per heavy atom. The molecule has 1 aromatic carbocycles. The lowest BCUT2D eigenvalue weighted by Gasteiger charge is -2.13. The Morgan fingerprint density at radius 3 is 2.86 bits per heavy atom. The number of aliphatic hydroxyl groups excluding tert-OH is 1. The normalized spacial score (nSPS) is 12.0. The van der Waals surface area contributed by atoms with Crippen molar-refractivity contribution in [1.82, 2.24) is 15.1 Å². The molecular weight excluding hydrogens is 270 g/mol. The number of nitrogens with zero attached hydrogens (tertiary/aromatic N) is 2. The topological polar surface area (TPSA) is 76.4 Å². The SMILES string of the molecule is COc1cccc(C(O)CNC(=O)c2cc(C)nn2C)c1. The van der Waals surface area contributed by atoms with Crippen molar-refractivity contribution in [3.63, 3.8) is 0 Å². The van der Waals surface area contributed by atoms with Gasteiger partial charge in [0.05, 0.1) is 18.9 Å². The lowest BCUT2D eigenvalue weighted by atomic mass is 10.1. The van der Waals surface area contributed by atoms with Crippen LogP contribution in [0.3, 0.4) is 0 Å². The number of aromatic nitrogens is 2. The number of carbonyl (C=O) groups excluding carboxylic acids is 1. The minimum atomic E-state index is -0.793. The number of aryl methyl sites for hydroxylation is 2. The van der Waals surface area contributed by atoms with Gasteiger partial charge in [-0.05, 0) is 30.7 Å². The first-order valence-electron chi connectivity index (χ1n) is 6.62. The fraction of sp³-hybridized carbons (Fsp3) is 0.333. The molecule has 0 radical (unpaired) electrons. The van der Waals surface area contributed by atoms with Crippen molar-refractivity contribution in [3.05, 3.63) is 47.3 Å². The van der Waals surface area contributed by atoms with E-state index in [-0.39, 0.29) is 12.5 Å². The molecule has 21 heavy (non-hydrogen) atoms. The third kappa shape index (κ3) is 3.61. The van der Waals surface area contributed by atoms with Gasteiger partial charge in [-0.2, -0.15) is 5.10 Å². The van der Waals surface area contributed by atoms with Crippen LogP contribution in [0.4, 0.5) is 0 Å². The minimum Gasteiger partial charge on any atom is -0.497 e. The number of nitrogens with one attached hydrogen (secondary N) is 1. The molecule has 1 heterocycles. The van der Waals surface area contributed by atoms with Gasteiger partial charge in [0.2, 0.25) is 0 Å². The Hall–Kier alpha value is -2.34. The maximum Gasteiger partial charge on any atom is 0.269 e. The van der Waals surface area contributed by atoms with Crippen LogP contribution in [0.1, 0.15) is 27.8 Å². The van der Waals surface area contributed by atoms with Crippen LogP contribution in [-0.2, 0) is 7.05 Å². The van der Waals surface area contributed by atoms with Crippen molar-refractivity contribution in [1.29, 1.82) is 0 Å². The maximum absolute atomic E-state index is 12.0. The summed E-state index contributed by atoms with van der Waals surface area (Å²) in [6.45, 7) is 1.94. The number of hydrogen-bond donors (Lipinski definition) is 2. The maximum atomic E-state index is 12.0. The van der Waals surface area contributed by atoms with E-state index in [2.05, 4.69) is 10.4 Å². The summed E-state index contributed by atoms with van der Waals surface area (Å²) in [4.78, 5) is 12.0. The van der Waals surface area contributed by atoms with Crippen molar-refractivity contribution in [2.24, 2.45) is 7.05 Å². The van der Waals surface area contributed by atoms with Gasteiger partial charge in [0, 0.05) is 13.6 Å². The number of methoxy groups -OCH3 is 1. The van der Waals surface area contributed by atoms with Crippen LogP contribution in [-0.4, -0.2) is 34.4 Å². The number of amides is 1. The minimum absolute atomic E-state index is 0.121. The molecule has 0 fully saturated rings. The van der Waals surface area contributed by atoms with Crippen LogP contribution >= 0.6 is 0 Å². The lowest BCUT2D eigenvalue weighted by molar-refractivity contribution is 0.0907. The molecule has 0 bridgehead atoms. The molecule has 1 aromatic heterocycles. The Kier molecular flexibility index (Phi) is 4.59. The third-order valence-corrected chi connectivity index (χ3v) is 3.17. The first kappa shape index (κ1) is 15.1. The van der Waals surface area contributed by atoms with Gasteiger partial charge >= 0.3 is 0 Å². The Labute approximate surface area is 123 Å². The average molecular weight is 289 g/mol. The fourth-order valence-electron chi connectivity index (χ4n) is 2.07. The van der Waals surface area contributed by atoms with Gasteiger partial charge in [-0.15, -0.1) is 0 Å². The smallest absolute Gasteiger partial charge is 0.269 e. The summed E-state index contributed by atoms with van der Waals surface area (Å²) in [5, 5.41) is 16.9. The van der Waals surface area contributed by atoms with E-state index in [9.17, 15) is 9.90 Å². The van der Waals surface area contributed by atoms with Gasteiger partial charge in [0.25, 0.3) is 5.91 Å². The van der Waals surface area contributed by atoms with E-state index < -0.39 is 6.10 Å². The number of aliphatic hydroxyl groups is 1. The van der Waals surface area contributed by atoms with Crippen LogP contribution in [0.15, 0.2) is 30.3 Å². The highest BCUT2D eigenvalue weighted by Crippen LogP contribution is 2.18. The van der Waals surface area contributed by atoms with Gasteiger partial charge in [0.1, 0.15) is 11.4 Å². The number of ether oxygens (including phenoxy) is 1. The molecule has 0 saturated carbocycles. The average Bonchev–Trinajstić information content (AvgIpc) is 2.83. The van der Waals surface area contributed by atoms with E-state index in [1.54, 1.807) is 44.5 Å². The summed E-state index contributed by atoms with van der Waals surface area (Å²) in [6, 6.07) is 8.82. The predicted octanol–water partition coefficient (Wildman–Crippen LogP) is 1.20. The molecule has 0 aliphatic carbocycles. The van der Waals surface area contributed by atoms with E-state index in [0.717, 1.165) is 5.69 Å². The second-order valence-corrected chi connectivity index (χ2v) is 4.80. The molecule has 1 amide bonds. The number of hydrogen-bond acceptors (Lipinski definition) is 4. The van der Waals surface area contributed by atoms with Crippen LogP contribution in [0.2, 0.25) is 0 Å². The molecule has 0 aliphatic heterocycles. The van der Waals surface area contributed by atoms with Gasteiger partial charge in [-0.3, -0.25) is 9.48 Å². The highest BCUT2D eigenvalue weighted by atomic mass is 16.5. The van der Waals surface area contributed by atoms with Crippen molar-refractivity contribution in [3.8, 4) is 5.75 Å². The molecule has 6 nitrogen and oxygen atoms in total. The van der Waals surface area contributed by atoms with Crippen LogP contribution < -0.4 is 10.1 Å². The van der Waals surface area contributed by atoms with Crippen LogP contribution in [0.5, 0.6) is 5.75 Å². The van der Waals surface area contributed by atoms with Crippen molar-refractivity contribution in [2.45, 2.75) is 13.0 Å². The molecule has 0 saturated heterocycles. The molecule has 112 valence electrons. The van der Waals surface area contributed by atoms with Gasteiger partial charge in [0.15, 0.2) is 0 Å². The van der Waals surface area contributed by atoms with Crippen molar-refractivity contribution >= 4 is 5.91 Å². The van der Waals surface area contributed by atoms with E-state index in [1.807, 2.05) is 6.92 Å². The second-order valence-electron chi connectivity index (χ2n) is 4.80. The first-order valence-corrected chi connectivity index (χ1v) is 6.62. The Bertz CT molecular complexity index is 637. The summed E-state index contributed by atoms with van der Waals surface area (Å²) in [5.74, 6) is 0.403. The molecule has 0 spiro atoms. The summed E-state index contributed by atoms with van der Waals surface area (Å²) >= 11 is 0. The fourth-order valence-corrected chi connectivity index (χ4v) is 2.07. The van der Waals surface area contributed by atoms with E-state index in [4.69, 9.17) is 4.74 Å². The van der Waals surface area contributed by atoms with Gasteiger partial charge in [-0.1, -0.05) is 12.1 Å². The second kappa shape index (κ2) is 6.41. The summed E-state index contributed by atoms with van der Waals surface area (Å²) in [7, 11) is 3.28. The van der Waals surface area contributed by atoms with Gasteiger partial charge < -0.3 is 15.2 Å². The zero-order valence-corrected chi connectivity index (χ0v) is 12.3. The Morgan fingerprint density at radius 2 is 2.24 bits per heavy atom. The summed E-state index contributed by atoms with van der Waals surface area (Å²) in [6.07, 6.45) is -0.793. The largest absolute Gasteiger partial charge is 0.497 e. The highest BCUT2D eigenvalue weighted by Gasteiger charge is 2.14.